The summed E-state index contributed by atoms with van der Waals surface area (Å²) in [5.41, 5.74) is 6.15. The van der Waals surface area contributed by atoms with E-state index in [0.29, 0.717) is 5.92 Å². The Kier molecular flexibility index (Phi) is 18.3. The summed E-state index contributed by atoms with van der Waals surface area (Å²) < 4.78 is 0. The van der Waals surface area contributed by atoms with E-state index < -0.39 is 0 Å². The Bertz CT molecular complexity index is 266. The molecule has 0 saturated heterocycles. The molecule has 0 aliphatic carbocycles. The van der Waals surface area contributed by atoms with E-state index in [9.17, 15) is 0 Å². The van der Waals surface area contributed by atoms with E-state index in [1.54, 1.807) is 0 Å². The average molecular weight is 368 g/mol. The Morgan fingerprint density at radius 2 is 0.808 bits per heavy atom. The zero-order valence-electron chi connectivity index (χ0n) is 19.1. The topological polar surface area (TPSA) is 26.0 Å². The molecule has 0 heterocycles. The van der Waals surface area contributed by atoms with Crippen LogP contribution in [0, 0.1) is 5.92 Å². The summed E-state index contributed by atoms with van der Waals surface area (Å²) in [6.45, 7) is 8.91. The van der Waals surface area contributed by atoms with Gasteiger partial charge in [0.2, 0.25) is 0 Å². The molecule has 0 saturated carbocycles. The van der Waals surface area contributed by atoms with Gasteiger partial charge in [0.05, 0.1) is 0 Å². The molecule has 1 heteroatoms. The predicted molar refractivity (Wildman–Crippen MR) is 121 cm³/mol. The van der Waals surface area contributed by atoms with Gasteiger partial charge in [0, 0.05) is 5.54 Å². The van der Waals surface area contributed by atoms with Gasteiger partial charge in [-0.05, 0) is 26.2 Å². The van der Waals surface area contributed by atoms with Crippen molar-refractivity contribution in [2.75, 3.05) is 0 Å². The fourth-order valence-corrected chi connectivity index (χ4v) is 3.72. The lowest BCUT2D eigenvalue weighted by molar-refractivity contribution is 0.316. The van der Waals surface area contributed by atoms with Gasteiger partial charge in [-0.3, -0.25) is 0 Å². The third-order valence-corrected chi connectivity index (χ3v) is 6.26. The molecule has 0 spiro atoms. The van der Waals surface area contributed by atoms with Crippen LogP contribution in [0.2, 0.25) is 0 Å². The minimum Gasteiger partial charge on any atom is -0.325 e. The first-order valence-corrected chi connectivity index (χ1v) is 12.3. The van der Waals surface area contributed by atoms with E-state index in [1.165, 1.54) is 122 Å². The Balaban J connectivity index is 3.09. The molecule has 0 bridgehead atoms. The van der Waals surface area contributed by atoms with Crippen LogP contribution in [0.4, 0.5) is 0 Å². The molecule has 0 aromatic heterocycles. The molecule has 2 N–H and O–H groups in total. The summed E-state index contributed by atoms with van der Waals surface area (Å²) in [4.78, 5) is 0. The van der Waals surface area contributed by atoms with Gasteiger partial charge in [0.1, 0.15) is 0 Å². The van der Waals surface area contributed by atoms with Crippen LogP contribution in [0.5, 0.6) is 0 Å². The first-order valence-electron chi connectivity index (χ1n) is 12.3. The van der Waals surface area contributed by atoms with Crippen LogP contribution >= 0.6 is 0 Å². The Hall–Kier alpha value is -0.0400. The minimum absolute atomic E-state index is 0.00532. The molecular weight excluding hydrogens is 314 g/mol. The Morgan fingerprint density at radius 3 is 1.08 bits per heavy atom. The highest BCUT2D eigenvalue weighted by Gasteiger charge is 2.19. The average Bonchev–Trinajstić information content (AvgIpc) is 2.59. The molecule has 0 aliphatic rings. The van der Waals surface area contributed by atoms with Crippen LogP contribution in [0.3, 0.4) is 0 Å². The number of nitrogens with two attached hydrogens (primary N) is 1. The lowest BCUT2D eigenvalue weighted by atomic mass is 9.86. The molecule has 0 aliphatic heterocycles. The van der Waals surface area contributed by atoms with Crippen LogP contribution in [0.15, 0.2) is 0 Å². The normalized spacial score (nSPS) is 13.3. The maximum absolute atomic E-state index is 6.16. The fraction of sp³-hybridized carbons (Fsp3) is 1.00. The second-order valence-corrected chi connectivity index (χ2v) is 9.52. The lowest BCUT2D eigenvalue weighted by Gasteiger charge is -2.27. The van der Waals surface area contributed by atoms with Gasteiger partial charge >= 0.3 is 0 Å². The van der Waals surface area contributed by atoms with Crippen molar-refractivity contribution in [3.05, 3.63) is 0 Å². The highest BCUT2D eigenvalue weighted by atomic mass is 14.7. The van der Waals surface area contributed by atoms with Crippen LogP contribution in [0.25, 0.3) is 0 Å². The SMILES string of the molecule is CCCCCCCCCCCCCCCCCCCCC(C)C(C)(C)N. The van der Waals surface area contributed by atoms with Crippen LogP contribution in [-0.4, -0.2) is 5.54 Å². The summed E-state index contributed by atoms with van der Waals surface area (Å²) in [6, 6.07) is 0. The zero-order chi connectivity index (χ0) is 19.5. The third-order valence-electron chi connectivity index (χ3n) is 6.26. The largest absolute Gasteiger partial charge is 0.325 e. The van der Waals surface area contributed by atoms with Crippen LogP contribution in [-0.2, 0) is 0 Å². The highest BCUT2D eigenvalue weighted by Crippen LogP contribution is 2.20. The van der Waals surface area contributed by atoms with Crippen molar-refractivity contribution in [1.29, 1.82) is 0 Å². The van der Waals surface area contributed by atoms with Gasteiger partial charge in [-0.15, -0.1) is 0 Å². The first-order chi connectivity index (χ1) is 12.5. The molecule has 0 fully saturated rings. The van der Waals surface area contributed by atoms with Gasteiger partial charge in [0.25, 0.3) is 0 Å². The van der Waals surface area contributed by atoms with E-state index in [0.717, 1.165) is 0 Å². The molecule has 1 atom stereocenters. The summed E-state index contributed by atoms with van der Waals surface area (Å²) in [5, 5.41) is 0. The molecule has 26 heavy (non-hydrogen) atoms. The third kappa shape index (κ3) is 18.7. The predicted octanol–water partition coefficient (Wildman–Crippen LogP) is 8.79. The van der Waals surface area contributed by atoms with Crippen molar-refractivity contribution in [2.45, 2.75) is 155 Å². The van der Waals surface area contributed by atoms with Gasteiger partial charge < -0.3 is 5.73 Å². The van der Waals surface area contributed by atoms with Gasteiger partial charge in [-0.2, -0.15) is 0 Å². The molecular formula is C25H53N. The molecule has 0 rings (SSSR count). The van der Waals surface area contributed by atoms with Crippen molar-refractivity contribution in [2.24, 2.45) is 11.7 Å². The summed E-state index contributed by atoms with van der Waals surface area (Å²) in [5.74, 6) is 0.642. The van der Waals surface area contributed by atoms with Crippen molar-refractivity contribution in [3.63, 3.8) is 0 Å². The molecule has 0 aromatic carbocycles. The standard InChI is InChI=1S/C25H53N/c1-5-6-7-8-9-10-11-12-13-14-15-16-17-18-19-20-21-22-23-24(2)25(3,4)26/h24H,5-23,26H2,1-4H3. The molecule has 0 amide bonds. The highest BCUT2D eigenvalue weighted by molar-refractivity contribution is 4.78. The number of rotatable bonds is 20. The summed E-state index contributed by atoms with van der Waals surface area (Å²) in [6.07, 6.45) is 27.4. The van der Waals surface area contributed by atoms with E-state index in [1.807, 2.05) is 0 Å². The molecule has 0 radical (unpaired) electrons. The second kappa shape index (κ2) is 18.3. The molecule has 0 aromatic rings. The molecule has 1 nitrogen and oxygen atoms in total. The van der Waals surface area contributed by atoms with Crippen LogP contribution < -0.4 is 5.73 Å². The van der Waals surface area contributed by atoms with Crippen molar-refractivity contribution in [1.82, 2.24) is 0 Å². The van der Waals surface area contributed by atoms with E-state index >= 15 is 0 Å². The number of hydrogen-bond acceptors (Lipinski definition) is 1. The Morgan fingerprint density at radius 1 is 0.538 bits per heavy atom. The summed E-state index contributed by atoms with van der Waals surface area (Å²) in [7, 11) is 0. The summed E-state index contributed by atoms with van der Waals surface area (Å²) >= 11 is 0. The second-order valence-electron chi connectivity index (χ2n) is 9.52. The quantitative estimate of drug-likeness (QED) is 0.214. The zero-order valence-corrected chi connectivity index (χ0v) is 19.1. The first kappa shape index (κ1) is 26.0. The number of hydrogen-bond donors (Lipinski definition) is 1. The van der Waals surface area contributed by atoms with Crippen molar-refractivity contribution < 1.29 is 0 Å². The monoisotopic (exact) mass is 367 g/mol. The Labute approximate surface area is 167 Å². The maximum Gasteiger partial charge on any atom is 0.0123 e. The molecule has 1 unspecified atom stereocenters. The number of unbranched alkanes of at least 4 members (excludes halogenated alkanes) is 17. The van der Waals surface area contributed by atoms with Gasteiger partial charge in [-0.25, -0.2) is 0 Å². The lowest BCUT2D eigenvalue weighted by Crippen LogP contribution is -2.39. The minimum atomic E-state index is -0.00532. The van der Waals surface area contributed by atoms with E-state index in [-0.39, 0.29) is 5.54 Å². The van der Waals surface area contributed by atoms with E-state index in [4.69, 9.17) is 5.73 Å². The van der Waals surface area contributed by atoms with E-state index in [2.05, 4.69) is 27.7 Å². The maximum atomic E-state index is 6.16. The smallest absolute Gasteiger partial charge is 0.0123 e. The molecule has 158 valence electrons. The van der Waals surface area contributed by atoms with Gasteiger partial charge in [-0.1, -0.05) is 129 Å². The van der Waals surface area contributed by atoms with Gasteiger partial charge in [0.15, 0.2) is 0 Å². The van der Waals surface area contributed by atoms with Crippen molar-refractivity contribution in [3.8, 4) is 0 Å². The fourth-order valence-electron chi connectivity index (χ4n) is 3.72. The van der Waals surface area contributed by atoms with Crippen molar-refractivity contribution >= 4 is 0 Å². The van der Waals surface area contributed by atoms with Crippen LogP contribution in [0.1, 0.15) is 150 Å².